The largest absolute Gasteiger partial charge is 0.484 e. The number of anilines is 1. The van der Waals surface area contributed by atoms with E-state index in [-0.39, 0.29) is 12.4 Å². The Labute approximate surface area is 197 Å². The minimum absolute atomic E-state index is 0.133. The van der Waals surface area contributed by atoms with Gasteiger partial charge in [-0.3, -0.25) is 4.79 Å². The summed E-state index contributed by atoms with van der Waals surface area (Å²) in [6.07, 6.45) is 0. The van der Waals surface area contributed by atoms with E-state index in [2.05, 4.69) is 5.32 Å². The van der Waals surface area contributed by atoms with Crippen LogP contribution in [0.4, 0.5) is 5.69 Å². The number of amides is 1. The van der Waals surface area contributed by atoms with Crippen LogP contribution in [-0.4, -0.2) is 19.0 Å². The first-order valence-electron chi connectivity index (χ1n) is 9.45. The quantitative estimate of drug-likeness (QED) is 0.304. The van der Waals surface area contributed by atoms with Gasteiger partial charge in [0.05, 0.1) is 17.2 Å². The van der Waals surface area contributed by atoms with Crippen LogP contribution in [0.2, 0.25) is 10.0 Å². The number of aryl methyl sites for hydroxylation is 1. The summed E-state index contributed by atoms with van der Waals surface area (Å²) in [6.45, 7) is 2.03. The molecule has 0 unspecified atom stereocenters. The number of rotatable bonds is 6. The molecule has 9 heteroatoms. The lowest BCUT2D eigenvalue weighted by atomic mass is 10.2. The second-order valence-corrected chi connectivity index (χ2v) is 8.68. The van der Waals surface area contributed by atoms with Crippen LogP contribution in [0, 0.1) is 6.92 Å². The summed E-state index contributed by atoms with van der Waals surface area (Å²) in [7, 11) is 1.30. The lowest BCUT2D eigenvalue weighted by Crippen LogP contribution is -2.10. The highest BCUT2D eigenvalue weighted by Gasteiger charge is 2.19. The number of para-hydroxylation sites is 1. The van der Waals surface area contributed by atoms with Crippen molar-refractivity contribution in [2.24, 2.45) is 0 Å². The van der Waals surface area contributed by atoms with Gasteiger partial charge in [-0.25, -0.2) is 4.79 Å². The molecule has 0 aliphatic carbocycles. The van der Waals surface area contributed by atoms with E-state index in [1.807, 2.05) is 19.1 Å². The van der Waals surface area contributed by atoms with Crippen molar-refractivity contribution in [2.75, 3.05) is 12.4 Å². The summed E-state index contributed by atoms with van der Waals surface area (Å²) in [6, 6.07) is 13.9. The van der Waals surface area contributed by atoms with Crippen molar-refractivity contribution >= 4 is 62.2 Å². The van der Waals surface area contributed by atoms with Crippen molar-refractivity contribution in [3.8, 4) is 5.75 Å². The highest BCUT2D eigenvalue weighted by molar-refractivity contribution is 7.21. The fraction of sp³-hybridized carbons (Fsp3) is 0.130. The number of furan rings is 1. The zero-order valence-corrected chi connectivity index (χ0v) is 19.4. The number of hydrogen-bond donors (Lipinski definition) is 1. The Morgan fingerprint density at radius 3 is 2.69 bits per heavy atom. The Bertz CT molecular complexity index is 1310. The summed E-state index contributed by atoms with van der Waals surface area (Å²) < 4.78 is 16.9. The molecule has 0 aliphatic rings. The SMILES string of the molecule is COC(=O)c1sc2cc(NC(=O)c3ccc(COc4c(C)cccc4Cl)o3)ccc2c1Cl. The maximum absolute atomic E-state index is 12.6. The van der Waals surface area contributed by atoms with E-state index in [9.17, 15) is 9.59 Å². The van der Waals surface area contributed by atoms with Crippen LogP contribution in [0.1, 0.15) is 31.6 Å². The van der Waals surface area contributed by atoms with Crippen molar-refractivity contribution in [3.63, 3.8) is 0 Å². The third-order valence-corrected chi connectivity index (χ3v) is 6.60. The molecule has 0 atom stereocenters. The number of ether oxygens (including phenoxy) is 2. The molecule has 2 aromatic heterocycles. The summed E-state index contributed by atoms with van der Waals surface area (Å²) in [5.41, 5.74) is 1.44. The molecule has 0 saturated carbocycles. The minimum atomic E-state index is -0.501. The predicted octanol–water partition coefficient (Wildman–Crippen LogP) is 6.73. The molecule has 4 aromatic rings. The Morgan fingerprint density at radius 1 is 1.12 bits per heavy atom. The van der Waals surface area contributed by atoms with Gasteiger partial charge in [-0.1, -0.05) is 35.3 Å². The number of benzene rings is 2. The molecule has 1 N–H and O–H groups in total. The molecule has 2 aromatic carbocycles. The van der Waals surface area contributed by atoms with Crippen molar-refractivity contribution in [3.05, 3.63) is 80.5 Å². The molecule has 6 nitrogen and oxygen atoms in total. The number of carbonyl (C=O) groups excluding carboxylic acids is 2. The molecule has 2 heterocycles. The third kappa shape index (κ3) is 4.46. The van der Waals surface area contributed by atoms with Gasteiger partial charge >= 0.3 is 5.97 Å². The average Bonchev–Trinajstić information content (AvgIpc) is 3.37. The minimum Gasteiger partial charge on any atom is -0.484 e. The van der Waals surface area contributed by atoms with Gasteiger partial charge in [0.2, 0.25) is 0 Å². The number of nitrogens with one attached hydrogen (secondary N) is 1. The third-order valence-electron chi connectivity index (χ3n) is 4.67. The van der Waals surface area contributed by atoms with Crippen molar-refractivity contribution < 1.29 is 23.5 Å². The number of halogens is 2. The number of hydrogen-bond acceptors (Lipinski definition) is 6. The van der Waals surface area contributed by atoms with E-state index in [1.165, 1.54) is 18.4 Å². The molecule has 0 radical (unpaired) electrons. The molecule has 1 amide bonds. The van der Waals surface area contributed by atoms with E-state index in [0.717, 1.165) is 10.3 Å². The smallest absolute Gasteiger partial charge is 0.349 e. The van der Waals surface area contributed by atoms with E-state index < -0.39 is 11.9 Å². The van der Waals surface area contributed by atoms with Crippen molar-refractivity contribution in [1.29, 1.82) is 0 Å². The van der Waals surface area contributed by atoms with Crippen LogP contribution >= 0.6 is 34.5 Å². The zero-order chi connectivity index (χ0) is 22.8. The monoisotopic (exact) mass is 489 g/mol. The van der Waals surface area contributed by atoms with Gasteiger partial charge in [0.15, 0.2) is 5.76 Å². The van der Waals surface area contributed by atoms with Gasteiger partial charge in [0.1, 0.15) is 23.0 Å². The summed E-state index contributed by atoms with van der Waals surface area (Å²) in [5, 5.41) is 4.33. The van der Waals surface area contributed by atoms with Crippen LogP contribution in [0.25, 0.3) is 10.1 Å². The standard InChI is InChI=1S/C23H17Cl2NO5S/c1-12-4-3-5-16(24)20(12)30-11-14-7-9-17(31-14)22(27)26-13-6-8-15-18(10-13)32-21(19(15)25)23(28)29-2/h3-10H,11H2,1-2H3,(H,26,27). The zero-order valence-electron chi connectivity index (χ0n) is 17.0. The fourth-order valence-corrected chi connectivity index (χ4v) is 4.82. The summed E-state index contributed by atoms with van der Waals surface area (Å²) in [4.78, 5) is 24.8. The van der Waals surface area contributed by atoms with Crippen molar-refractivity contribution in [2.45, 2.75) is 13.5 Å². The molecular formula is C23H17Cl2NO5S. The first-order chi connectivity index (χ1) is 15.4. The maximum Gasteiger partial charge on any atom is 0.349 e. The molecule has 0 saturated heterocycles. The number of esters is 1. The molecule has 0 bridgehead atoms. The summed E-state index contributed by atoms with van der Waals surface area (Å²) in [5.74, 6) is 0.280. The number of methoxy groups -OCH3 is 1. The average molecular weight is 490 g/mol. The van der Waals surface area contributed by atoms with Gasteiger partial charge in [-0.05, 0) is 48.9 Å². The maximum atomic E-state index is 12.6. The van der Waals surface area contributed by atoms with Crippen LogP contribution in [0.3, 0.4) is 0 Å². The molecule has 4 rings (SSSR count). The Hall–Kier alpha value is -3.00. The van der Waals surface area contributed by atoms with Crippen LogP contribution in [0.5, 0.6) is 5.75 Å². The Kier molecular flexibility index (Phi) is 6.41. The number of thiophene rings is 1. The van der Waals surface area contributed by atoms with Gasteiger partial charge in [-0.15, -0.1) is 11.3 Å². The van der Waals surface area contributed by atoms with Gasteiger partial charge in [-0.2, -0.15) is 0 Å². The normalized spacial score (nSPS) is 10.9. The van der Waals surface area contributed by atoms with E-state index in [0.29, 0.717) is 37.5 Å². The lowest BCUT2D eigenvalue weighted by Gasteiger charge is -2.09. The second kappa shape index (κ2) is 9.24. The molecular weight excluding hydrogens is 473 g/mol. The Balaban J connectivity index is 1.46. The van der Waals surface area contributed by atoms with E-state index >= 15 is 0 Å². The van der Waals surface area contributed by atoms with Crippen LogP contribution in [-0.2, 0) is 11.3 Å². The first kappa shape index (κ1) is 22.2. The van der Waals surface area contributed by atoms with Gasteiger partial charge < -0.3 is 19.2 Å². The topological polar surface area (TPSA) is 77.8 Å². The molecule has 0 spiro atoms. The number of fused-ring (bicyclic) bond motifs is 1. The summed E-state index contributed by atoms with van der Waals surface area (Å²) >= 11 is 13.6. The predicted molar refractivity (Wildman–Crippen MR) is 125 cm³/mol. The van der Waals surface area contributed by atoms with Gasteiger partial charge in [0.25, 0.3) is 5.91 Å². The second-order valence-electron chi connectivity index (χ2n) is 6.84. The highest BCUT2D eigenvalue weighted by atomic mass is 35.5. The van der Waals surface area contributed by atoms with Gasteiger partial charge in [0, 0.05) is 15.8 Å². The van der Waals surface area contributed by atoms with Crippen LogP contribution in [0.15, 0.2) is 52.9 Å². The van der Waals surface area contributed by atoms with Crippen LogP contribution < -0.4 is 10.1 Å². The molecule has 32 heavy (non-hydrogen) atoms. The molecule has 0 fully saturated rings. The lowest BCUT2D eigenvalue weighted by molar-refractivity contribution is 0.0606. The van der Waals surface area contributed by atoms with E-state index in [4.69, 9.17) is 37.1 Å². The number of carbonyl (C=O) groups is 2. The van der Waals surface area contributed by atoms with Crippen molar-refractivity contribution in [1.82, 2.24) is 0 Å². The first-order valence-corrected chi connectivity index (χ1v) is 11.0. The Morgan fingerprint density at radius 2 is 1.94 bits per heavy atom. The fourth-order valence-electron chi connectivity index (χ4n) is 3.08. The van der Waals surface area contributed by atoms with E-state index in [1.54, 1.807) is 36.4 Å². The molecule has 0 aliphatic heterocycles. The highest BCUT2D eigenvalue weighted by Crippen LogP contribution is 2.37. The molecule has 164 valence electrons.